The van der Waals surface area contributed by atoms with Gasteiger partial charge in [0.25, 0.3) is 5.91 Å². The van der Waals surface area contributed by atoms with Gasteiger partial charge in [0.15, 0.2) is 0 Å². The Morgan fingerprint density at radius 3 is 2.92 bits per heavy atom. The number of fused-ring (bicyclic) bond motifs is 1. The van der Waals surface area contributed by atoms with Crippen molar-refractivity contribution in [1.29, 1.82) is 0 Å². The van der Waals surface area contributed by atoms with E-state index in [4.69, 9.17) is 0 Å². The van der Waals surface area contributed by atoms with Crippen molar-refractivity contribution in [2.75, 3.05) is 6.54 Å². The summed E-state index contributed by atoms with van der Waals surface area (Å²) in [6.07, 6.45) is 4.37. The van der Waals surface area contributed by atoms with Crippen LogP contribution in [0.1, 0.15) is 16.1 Å². The first-order chi connectivity index (χ1) is 11.6. The lowest BCUT2D eigenvalue weighted by Gasteiger charge is -2.07. The van der Waals surface area contributed by atoms with Crippen LogP contribution in [0.15, 0.2) is 54.9 Å². The Hall–Kier alpha value is -2.96. The highest BCUT2D eigenvalue weighted by Gasteiger charge is 2.09. The first kappa shape index (κ1) is 15.9. The van der Waals surface area contributed by atoms with E-state index < -0.39 is 6.61 Å². The van der Waals surface area contributed by atoms with Crippen molar-refractivity contribution in [2.24, 2.45) is 0 Å². The molecule has 0 bridgehead atoms. The number of amides is 1. The summed E-state index contributed by atoms with van der Waals surface area (Å²) in [5, 5.41) is 2.74. The standard InChI is InChI=1S/C17H15F2N3O2/c18-17(19)24-14-5-3-4-12(10-14)16(23)20-8-7-13-11-22-9-2-1-6-15(22)21-13/h1-6,9-11,17H,7-8H2,(H,20,23). The van der Waals surface area contributed by atoms with E-state index in [1.165, 1.54) is 18.2 Å². The normalized spacial score (nSPS) is 11.0. The van der Waals surface area contributed by atoms with E-state index in [1.807, 2.05) is 35.0 Å². The van der Waals surface area contributed by atoms with Gasteiger partial charge in [0.05, 0.1) is 5.69 Å². The van der Waals surface area contributed by atoms with Crippen LogP contribution in [0, 0.1) is 0 Å². The van der Waals surface area contributed by atoms with Gasteiger partial charge in [-0.2, -0.15) is 8.78 Å². The fourth-order valence-corrected chi connectivity index (χ4v) is 2.33. The monoisotopic (exact) mass is 331 g/mol. The molecule has 1 N–H and O–H groups in total. The van der Waals surface area contributed by atoms with Crippen molar-refractivity contribution in [3.63, 3.8) is 0 Å². The number of imidazole rings is 1. The Morgan fingerprint density at radius 1 is 1.25 bits per heavy atom. The minimum absolute atomic E-state index is 0.0435. The Balaban J connectivity index is 1.57. The van der Waals surface area contributed by atoms with E-state index in [9.17, 15) is 13.6 Å². The third kappa shape index (κ3) is 3.87. The molecule has 3 aromatic rings. The highest BCUT2D eigenvalue weighted by Crippen LogP contribution is 2.15. The summed E-state index contributed by atoms with van der Waals surface area (Å²) in [4.78, 5) is 16.5. The van der Waals surface area contributed by atoms with Gasteiger partial charge in [0.1, 0.15) is 11.4 Å². The number of rotatable bonds is 6. The van der Waals surface area contributed by atoms with Crippen LogP contribution in [0.2, 0.25) is 0 Å². The molecule has 0 atom stereocenters. The second kappa shape index (κ2) is 7.08. The average Bonchev–Trinajstić information content (AvgIpc) is 2.97. The lowest BCUT2D eigenvalue weighted by molar-refractivity contribution is -0.0498. The van der Waals surface area contributed by atoms with E-state index >= 15 is 0 Å². The van der Waals surface area contributed by atoms with Crippen LogP contribution in [0.5, 0.6) is 5.75 Å². The van der Waals surface area contributed by atoms with Crippen LogP contribution in [0.4, 0.5) is 8.78 Å². The van der Waals surface area contributed by atoms with Crippen molar-refractivity contribution < 1.29 is 18.3 Å². The van der Waals surface area contributed by atoms with Crippen LogP contribution in [0.25, 0.3) is 5.65 Å². The van der Waals surface area contributed by atoms with Crippen LogP contribution in [-0.2, 0) is 6.42 Å². The smallest absolute Gasteiger partial charge is 0.387 e. The first-order valence-electron chi connectivity index (χ1n) is 7.37. The fourth-order valence-electron chi connectivity index (χ4n) is 2.33. The number of halogens is 2. The second-order valence-corrected chi connectivity index (χ2v) is 5.11. The number of alkyl halides is 2. The number of aromatic nitrogens is 2. The maximum Gasteiger partial charge on any atom is 0.387 e. The fraction of sp³-hybridized carbons (Fsp3) is 0.176. The molecule has 2 aromatic heterocycles. The van der Waals surface area contributed by atoms with E-state index in [2.05, 4.69) is 15.0 Å². The summed E-state index contributed by atoms with van der Waals surface area (Å²) < 4.78 is 30.6. The molecule has 2 heterocycles. The zero-order chi connectivity index (χ0) is 16.9. The largest absolute Gasteiger partial charge is 0.435 e. The molecule has 0 aliphatic rings. The van der Waals surface area contributed by atoms with Crippen molar-refractivity contribution in [2.45, 2.75) is 13.0 Å². The van der Waals surface area contributed by atoms with Crippen LogP contribution in [0.3, 0.4) is 0 Å². The highest BCUT2D eigenvalue weighted by atomic mass is 19.3. The summed E-state index contributed by atoms with van der Waals surface area (Å²) >= 11 is 0. The number of ether oxygens (including phenoxy) is 1. The minimum Gasteiger partial charge on any atom is -0.435 e. The van der Waals surface area contributed by atoms with Crippen molar-refractivity contribution in [3.8, 4) is 5.75 Å². The number of hydrogen-bond donors (Lipinski definition) is 1. The lowest BCUT2D eigenvalue weighted by Crippen LogP contribution is -2.25. The molecule has 0 fully saturated rings. The molecule has 0 unspecified atom stereocenters. The topological polar surface area (TPSA) is 55.6 Å². The van der Waals surface area contributed by atoms with Gasteiger partial charge in [-0.3, -0.25) is 4.79 Å². The molecule has 5 nitrogen and oxygen atoms in total. The van der Waals surface area contributed by atoms with Crippen molar-refractivity contribution >= 4 is 11.6 Å². The maximum atomic E-state index is 12.2. The Morgan fingerprint density at radius 2 is 2.12 bits per heavy atom. The van der Waals surface area contributed by atoms with Crippen molar-refractivity contribution in [3.05, 3.63) is 66.1 Å². The molecule has 0 radical (unpaired) electrons. The molecule has 1 amide bonds. The third-order valence-corrected chi connectivity index (χ3v) is 3.40. The quantitative estimate of drug-likeness (QED) is 0.756. The second-order valence-electron chi connectivity index (χ2n) is 5.11. The predicted molar refractivity (Wildman–Crippen MR) is 84.3 cm³/mol. The molecule has 124 valence electrons. The van der Waals surface area contributed by atoms with Gasteiger partial charge in [0, 0.05) is 30.9 Å². The molecule has 0 saturated carbocycles. The number of carbonyl (C=O) groups excluding carboxylic acids is 1. The van der Waals surface area contributed by atoms with E-state index in [0.717, 1.165) is 11.3 Å². The van der Waals surface area contributed by atoms with Gasteiger partial charge >= 0.3 is 6.61 Å². The number of benzene rings is 1. The van der Waals surface area contributed by atoms with Crippen LogP contribution in [-0.4, -0.2) is 28.4 Å². The SMILES string of the molecule is O=C(NCCc1cn2ccccc2n1)c1cccc(OC(F)F)c1. The number of pyridine rings is 1. The van der Waals surface area contributed by atoms with E-state index in [1.54, 1.807) is 6.07 Å². The van der Waals surface area contributed by atoms with Gasteiger partial charge in [-0.25, -0.2) is 4.98 Å². The molecule has 1 aromatic carbocycles. The minimum atomic E-state index is -2.92. The zero-order valence-electron chi connectivity index (χ0n) is 12.7. The van der Waals surface area contributed by atoms with Crippen molar-refractivity contribution in [1.82, 2.24) is 14.7 Å². The number of carbonyl (C=O) groups is 1. The lowest BCUT2D eigenvalue weighted by atomic mass is 10.2. The Bertz CT molecular complexity index is 815. The van der Waals surface area contributed by atoms with Gasteiger partial charge in [0.2, 0.25) is 0 Å². The highest BCUT2D eigenvalue weighted by molar-refractivity contribution is 5.94. The van der Waals surface area contributed by atoms with Gasteiger partial charge in [-0.15, -0.1) is 0 Å². The van der Waals surface area contributed by atoms with Crippen LogP contribution >= 0.6 is 0 Å². The Kier molecular flexibility index (Phi) is 4.69. The Labute approximate surface area is 136 Å². The predicted octanol–water partition coefficient (Wildman–Crippen LogP) is 2.91. The summed E-state index contributed by atoms with van der Waals surface area (Å²) in [6.45, 7) is -2.53. The molecular formula is C17H15F2N3O2. The van der Waals surface area contributed by atoms with Gasteiger partial charge < -0.3 is 14.5 Å². The third-order valence-electron chi connectivity index (χ3n) is 3.40. The molecule has 0 aliphatic heterocycles. The van der Waals surface area contributed by atoms with Gasteiger partial charge in [-0.1, -0.05) is 12.1 Å². The summed E-state index contributed by atoms with van der Waals surface area (Å²) in [6, 6.07) is 11.4. The number of nitrogens with one attached hydrogen (secondary N) is 1. The molecular weight excluding hydrogens is 316 g/mol. The number of nitrogens with zero attached hydrogens (tertiary/aromatic N) is 2. The van der Waals surface area contributed by atoms with E-state index in [-0.39, 0.29) is 17.2 Å². The summed E-state index contributed by atoms with van der Waals surface area (Å²) in [7, 11) is 0. The molecule has 0 saturated heterocycles. The zero-order valence-corrected chi connectivity index (χ0v) is 12.7. The molecule has 0 aliphatic carbocycles. The summed E-state index contributed by atoms with van der Waals surface area (Å²) in [5.41, 5.74) is 1.97. The molecule has 0 spiro atoms. The van der Waals surface area contributed by atoms with Crippen LogP contribution < -0.4 is 10.1 Å². The maximum absolute atomic E-state index is 12.2. The number of hydrogen-bond acceptors (Lipinski definition) is 3. The average molecular weight is 331 g/mol. The first-order valence-corrected chi connectivity index (χ1v) is 7.37. The van der Waals surface area contributed by atoms with Gasteiger partial charge in [-0.05, 0) is 30.3 Å². The molecule has 3 rings (SSSR count). The summed E-state index contributed by atoms with van der Waals surface area (Å²) in [5.74, 6) is -0.392. The molecule has 7 heteroatoms. The molecule has 24 heavy (non-hydrogen) atoms. The van der Waals surface area contributed by atoms with E-state index in [0.29, 0.717) is 13.0 Å².